The Hall–Kier alpha value is -2.47. The maximum atomic E-state index is 11.3. The molecule has 0 fully saturated rings. The Morgan fingerprint density at radius 1 is 1.39 bits per heavy atom. The third kappa shape index (κ3) is 5.82. The van der Waals surface area contributed by atoms with E-state index in [9.17, 15) is 15.2 Å². The third-order valence-corrected chi connectivity index (χ3v) is 5.01. The fraction of sp³-hybridized carbons (Fsp3) is 0.250. The van der Waals surface area contributed by atoms with Crippen LogP contribution >= 0.6 is 31.8 Å². The van der Waals surface area contributed by atoms with Crippen molar-refractivity contribution in [1.82, 2.24) is 15.6 Å². The molecule has 0 saturated carbocycles. The molecule has 2 rings (SSSR count). The number of hydrogen-bond acceptors (Lipinski definition) is 11. The van der Waals surface area contributed by atoms with Gasteiger partial charge < -0.3 is 23.9 Å². The Morgan fingerprint density at radius 2 is 2.06 bits per heavy atom. The molecule has 0 atom stereocenters. The maximum Gasteiger partial charge on any atom is 0.391 e. The smallest absolute Gasteiger partial charge is 0.391 e. The summed E-state index contributed by atoms with van der Waals surface area (Å²) in [6.45, 7) is 3.51. The lowest BCUT2D eigenvalue weighted by Crippen LogP contribution is -2.10. The topological polar surface area (TPSA) is 173 Å². The lowest BCUT2D eigenvalue weighted by atomic mass is 10.1. The van der Waals surface area contributed by atoms with Gasteiger partial charge in [-0.3, -0.25) is 20.4 Å². The van der Waals surface area contributed by atoms with Gasteiger partial charge in [0.1, 0.15) is 5.16 Å². The molecule has 0 radical (unpaired) electrons. The number of nitrogens with zero attached hydrogens (tertiary/aromatic N) is 3. The van der Waals surface area contributed by atoms with E-state index in [2.05, 4.69) is 20.1 Å². The van der Waals surface area contributed by atoms with Crippen LogP contribution in [0.15, 0.2) is 32.4 Å². The largest absolute Gasteiger partial charge is 0.500 e. The number of phenolic OH excluding ortho intramolecular Hbond substituents is 1. The van der Waals surface area contributed by atoms with E-state index >= 15 is 0 Å². The van der Waals surface area contributed by atoms with E-state index in [-0.39, 0.29) is 28.0 Å². The standard InChI is InChI=1S/C16H17Cl2N4O8P/c1-4-9(17)7(2)12(14(18)20-28-3)15-19-16(29-21-15)8-5-10(22(24)25)13(23)11(6-8)30-31(26)27/h5-6,20,23,26-27H,4H2,1-3H3/b9-7+,14-12+. The summed E-state index contributed by atoms with van der Waals surface area (Å²) < 4.78 is 9.85. The molecule has 0 aliphatic carbocycles. The number of hydroxylamine groups is 1. The molecular formula is C16H17Cl2N4O8P. The van der Waals surface area contributed by atoms with Gasteiger partial charge >= 0.3 is 14.3 Å². The minimum Gasteiger partial charge on any atom is -0.500 e. The molecule has 1 aromatic heterocycles. The molecule has 0 spiro atoms. The van der Waals surface area contributed by atoms with Gasteiger partial charge in [0.15, 0.2) is 5.75 Å². The van der Waals surface area contributed by atoms with Gasteiger partial charge in [-0.05, 0) is 25.0 Å². The van der Waals surface area contributed by atoms with Crippen LogP contribution in [-0.4, -0.2) is 37.1 Å². The zero-order valence-electron chi connectivity index (χ0n) is 16.3. The van der Waals surface area contributed by atoms with Gasteiger partial charge in [0.05, 0.1) is 23.2 Å². The third-order valence-electron chi connectivity index (χ3n) is 3.83. The highest BCUT2D eigenvalue weighted by atomic mass is 35.5. The number of hydrogen-bond donors (Lipinski definition) is 4. The molecule has 0 saturated heterocycles. The zero-order valence-corrected chi connectivity index (χ0v) is 18.7. The van der Waals surface area contributed by atoms with Gasteiger partial charge in [-0.1, -0.05) is 35.3 Å². The van der Waals surface area contributed by atoms with Crippen LogP contribution in [0.3, 0.4) is 0 Å². The van der Waals surface area contributed by atoms with E-state index in [1.165, 1.54) is 7.11 Å². The predicted octanol–water partition coefficient (Wildman–Crippen LogP) is 3.92. The van der Waals surface area contributed by atoms with Crippen LogP contribution in [0.5, 0.6) is 11.5 Å². The molecule has 1 heterocycles. The van der Waals surface area contributed by atoms with Gasteiger partial charge in [-0.15, -0.1) is 0 Å². The Balaban J connectivity index is 2.64. The van der Waals surface area contributed by atoms with Crippen LogP contribution < -0.4 is 10.0 Å². The van der Waals surface area contributed by atoms with Crippen LogP contribution in [0.25, 0.3) is 17.0 Å². The van der Waals surface area contributed by atoms with Crippen molar-refractivity contribution < 1.29 is 33.7 Å². The maximum absolute atomic E-state index is 11.3. The van der Waals surface area contributed by atoms with Gasteiger partial charge in [-0.25, -0.2) is 0 Å². The van der Waals surface area contributed by atoms with Crippen LogP contribution in [-0.2, 0) is 4.84 Å². The SMILES string of the molecule is CC/C(Cl)=C(C)\C(=C(\Cl)NOC)c1noc(-c2cc(OP(O)O)c(O)c([N+](=O)[O-])c2)n1. The van der Waals surface area contributed by atoms with Crippen LogP contribution in [0.4, 0.5) is 5.69 Å². The molecule has 12 nitrogen and oxygen atoms in total. The second-order valence-corrected chi connectivity index (χ2v) is 7.27. The number of aromatic hydroxyl groups is 1. The van der Waals surface area contributed by atoms with E-state index < -0.39 is 30.7 Å². The monoisotopic (exact) mass is 494 g/mol. The highest BCUT2D eigenvalue weighted by Crippen LogP contribution is 2.44. The van der Waals surface area contributed by atoms with E-state index in [1.54, 1.807) is 6.92 Å². The van der Waals surface area contributed by atoms with Crippen molar-refractivity contribution in [3.63, 3.8) is 0 Å². The van der Waals surface area contributed by atoms with Crippen molar-refractivity contribution in [3.8, 4) is 23.0 Å². The molecule has 1 aromatic carbocycles. The fourth-order valence-electron chi connectivity index (χ4n) is 2.43. The summed E-state index contributed by atoms with van der Waals surface area (Å²) in [5.74, 6) is -1.67. The van der Waals surface area contributed by atoms with E-state index in [0.29, 0.717) is 17.0 Å². The first-order chi connectivity index (χ1) is 14.6. The highest BCUT2D eigenvalue weighted by Gasteiger charge is 2.26. The van der Waals surface area contributed by atoms with E-state index in [4.69, 9.17) is 42.3 Å². The van der Waals surface area contributed by atoms with Gasteiger partial charge in [0.2, 0.25) is 11.6 Å². The molecule has 168 valence electrons. The minimum absolute atomic E-state index is 0.00543. The number of nitro groups is 1. The first-order valence-electron chi connectivity index (χ1n) is 8.36. The lowest BCUT2D eigenvalue weighted by molar-refractivity contribution is -0.385. The average Bonchev–Trinajstić information content (AvgIpc) is 3.18. The minimum atomic E-state index is -2.96. The number of allylic oxidation sites excluding steroid dienone is 3. The molecule has 2 aromatic rings. The fourth-order valence-corrected chi connectivity index (χ4v) is 3.14. The molecule has 15 heteroatoms. The number of benzene rings is 1. The Kier molecular flexibility index (Phi) is 8.57. The number of nitro benzene ring substituents is 1. The van der Waals surface area contributed by atoms with Crippen LogP contribution in [0.2, 0.25) is 0 Å². The number of rotatable bonds is 9. The first-order valence-corrected chi connectivity index (χ1v) is 10.3. The Morgan fingerprint density at radius 3 is 2.61 bits per heavy atom. The quantitative estimate of drug-likeness (QED) is 0.131. The first kappa shape index (κ1) is 24.8. The molecule has 0 unspecified atom stereocenters. The van der Waals surface area contributed by atoms with Crippen molar-refractivity contribution in [2.24, 2.45) is 0 Å². The van der Waals surface area contributed by atoms with Crippen LogP contribution in [0.1, 0.15) is 26.1 Å². The summed E-state index contributed by atoms with van der Waals surface area (Å²) >= 11 is 12.5. The predicted molar refractivity (Wildman–Crippen MR) is 112 cm³/mol. The lowest BCUT2D eigenvalue weighted by Gasteiger charge is -2.10. The summed E-state index contributed by atoms with van der Waals surface area (Å²) in [6, 6.07) is 2.03. The summed E-state index contributed by atoms with van der Waals surface area (Å²) in [6.07, 6.45) is 0.495. The van der Waals surface area contributed by atoms with E-state index in [1.807, 2.05) is 6.92 Å². The van der Waals surface area contributed by atoms with Crippen molar-refractivity contribution >= 4 is 43.1 Å². The molecule has 4 N–H and O–H groups in total. The van der Waals surface area contributed by atoms with Gasteiger partial charge in [-0.2, -0.15) is 4.98 Å². The number of halogens is 2. The second-order valence-electron chi connectivity index (χ2n) is 5.75. The molecule has 31 heavy (non-hydrogen) atoms. The van der Waals surface area contributed by atoms with Crippen molar-refractivity contribution in [3.05, 3.63) is 43.8 Å². The van der Waals surface area contributed by atoms with Crippen molar-refractivity contribution in [2.75, 3.05) is 7.11 Å². The molecule has 0 aliphatic heterocycles. The number of aromatic nitrogens is 2. The Bertz CT molecular complexity index is 1040. The van der Waals surface area contributed by atoms with Crippen molar-refractivity contribution in [1.29, 1.82) is 0 Å². The number of nitrogens with one attached hydrogen (secondary N) is 1. The van der Waals surface area contributed by atoms with Gasteiger partial charge in [0, 0.05) is 11.1 Å². The second kappa shape index (κ2) is 10.7. The molecule has 0 aliphatic rings. The normalized spacial score (nSPS) is 13.0. The van der Waals surface area contributed by atoms with Crippen molar-refractivity contribution in [2.45, 2.75) is 20.3 Å². The van der Waals surface area contributed by atoms with Crippen LogP contribution in [0, 0.1) is 10.1 Å². The Labute approximate surface area is 186 Å². The summed E-state index contributed by atoms with van der Waals surface area (Å²) in [5.41, 5.74) is 2.42. The molecule has 0 bridgehead atoms. The summed E-state index contributed by atoms with van der Waals surface area (Å²) in [5, 5.41) is 25.5. The number of phenols is 1. The van der Waals surface area contributed by atoms with Gasteiger partial charge in [0.25, 0.3) is 5.89 Å². The molecule has 0 amide bonds. The highest BCUT2D eigenvalue weighted by molar-refractivity contribution is 7.39. The van der Waals surface area contributed by atoms with E-state index in [0.717, 1.165) is 12.1 Å². The average molecular weight is 495 g/mol. The summed E-state index contributed by atoms with van der Waals surface area (Å²) in [7, 11) is -1.62. The molecular weight excluding hydrogens is 478 g/mol. The zero-order chi connectivity index (χ0) is 23.3. The summed E-state index contributed by atoms with van der Waals surface area (Å²) in [4.78, 5) is 37.5.